The molecule has 14 atom stereocenters. The van der Waals surface area contributed by atoms with Gasteiger partial charge in [-0.2, -0.15) is 10.1 Å². The molecule has 12 N–H and O–H groups in total. The number of aliphatic hydroxyl groups excluding tert-OH is 2. The van der Waals surface area contributed by atoms with Gasteiger partial charge in [0.25, 0.3) is 17.7 Å². The molecule has 0 spiro atoms. The number of aryl methyl sites for hydroxylation is 2. The Kier molecular flexibility index (Phi) is 45.1. The molecule has 4 amide bonds. The van der Waals surface area contributed by atoms with Crippen LogP contribution in [-0.2, 0) is 108 Å². The maximum absolute atomic E-state index is 14.7. The van der Waals surface area contributed by atoms with E-state index in [4.69, 9.17) is 83.6 Å². The summed E-state index contributed by atoms with van der Waals surface area (Å²) < 4.78 is 77.8. The first-order valence-electron chi connectivity index (χ1n) is 46.1. The van der Waals surface area contributed by atoms with Crippen molar-refractivity contribution in [2.45, 2.75) is 230 Å². The highest BCUT2D eigenvalue weighted by molar-refractivity contribution is 6.39. The second kappa shape index (κ2) is 56.0. The van der Waals surface area contributed by atoms with E-state index in [0.717, 1.165) is 28.9 Å². The van der Waals surface area contributed by atoms with Crippen LogP contribution in [0.5, 0.6) is 0 Å². The number of allylic oxidation sites excluding steroid dienone is 6. The predicted molar refractivity (Wildman–Crippen MR) is 482 cm³/mol. The number of oxazole rings is 1. The number of nitrogens with zero attached hydrogens (tertiary/aromatic N) is 9. The van der Waals surface area contributed by atoms with Gasteiger partial charge in [-0.3, -0.25) is 33.6 Å². The number of rotatable bonds is 46. The zero-order valence-electron chi connectivity index (χ0n) is 77.0. The number of hydrogen-bond donors (Lipinski definition) is 9. The smallest absolute Gasteiger partial charge is 0.329 e. The molecule has 131 heavy (non-hydrogen) atoms. The number of anilines is 2. The van der Waals surface area contributed by atoms with Crippen molar-refractivity contribution in [1.82, 2.24) is 60.6 Å². The summed E-state index contributed by atoms with van der Waals surface area (Å²) in [5.74, 6) is -8.36. The lowest BCUT2D eigenvalue weighted by atomic mass is 9.79. The molecule has 3 aliphatic heterocycles. The minimum atomic E-state index is -2.46. The van der Waals surface area contributed by atoms with Crippen LogP contribution >= 0.6 is 0 Å². The molecule has 4 aliphatic rings. The third-order valence-corrected chi connectivity index (χ3v) is 23.9. The molecule has 4 aromatic heterocycles. The van der Waals surface area contributed by atoms with Crippen LogP contribution in [0, 0.1) is 23.7 Å². The van der Waals surface area contributed by atoms with Gasteiger partial charge in [-0.25, -0.2) is 24.1 Å². The Morgan fingerprint density at radius 1 is 0.687 bits per heavy atom. The number of carbonyl (C=O) groups is 8. The summed E-state index contributed by atoms with van der Waals surface area (Å²) in [5.41, 5.74) is 24.0. The third kappa shape index (κ3) is 34.3. The number of aliphatic hydroxyl groups is 3. The number of piperidine rings is 1. The Hall–Kier alpha value is -9.30. The maximum atomic E-state index is 14.7. The maximum Gasteiger partial charge on any atom is 0.329 e. The van der Waals surface area contributed by atoms with Gasteiger partial charge in [0.15, 0.2) is 17.0 Å². The summed E-state index contributed by atoms with van der Waals surface area (Å²) >= 11 is 0. The summed E-state index contributed by atoms with van der Waals surface area (Å²) in [5, 5.41) is 57.3. The van der Waals surface area contributed by atoms with E-state index in [0.29, 0.717) is 222 Å². The van der Waals surface area contributed by atoms with E-state index in [2.05, 4.69) is 41.2 Å². The highest BCUT2D eigenvalue weighted by Crippen LogP contribution is 2.39. The van der Waals surface area contributed by atoms with E-state index in [1.165, 1.54) is 19.3 Å². The summed E-state index contributed by atoms with van der Waals surface area (Å²) in [6, 6.07) is 3.17. The fourth-order valence-electron chi connectivity index (χ4n) is 16.5. The van der Waals surface area contributed by atoms with Crippen molar-refractivity contribution in [2.24, 2.45) is 29.4 Å². The molecule has 7 heterocycles. The van der Waals surface area contributed by atoms with Crippen LogP contribution in [0.1, 0.15) is 168 Å². The van der Waals surface area contributed by atoms with Crippen LogP contribution in [0.4, 0.5) is 11.8 Å². The number of nitrogen functional groups attached to an aromatic ring is 2. The SMILES string of the molecule is CO[C@H]1C[C@@H]2CCC[C@@](O)(O2)C(=O)C(=O)N2CCCC[C@H]2C(=O)O[C@H]([C@H](N)C[C@@H]2CC[C@H](n3cc(CCCC(=O)NCCOCCOCCOCCOCCC(=O)NCCOCCOCCOCCOCCC(=O)NCCCCn4nc(-c5ccc6oc(N)nc6c5)c5c(N)ncnc54)nn3)[C@H](OC)C2)CC(=O)[C@H](C)/C=C(\C)[C@@H](O)[C@@H](O)C(=O)[C@H](C)C[C@H](C)/C=C/C=C/C=C/1C. The zero-order chi connectivity index (χ0) is 94.0. The van der Waals surface area contributed by atoms with Crippen molar-refractivity contribution in [3.63, 3.8) is 0 Å². The van der Waals surface area contributed by atoms with E-state index in [9.17, 15) is 53.7 Å². The van der Waals surface area contributed by atoms with Gasteiger partial charge < -0.3 is 115 Å². The second-order valence-electron chi connectivity index (χ2n) is 34.0. The number of esters is 1. The fourth-order valence-corrected chi connectivity index (χ4v) is 16.5. The molecule has 726 valence electrons. The normalized spacial score (nSPS) is 25.4. The molecule has 39 nitrogen and oxygen atoms in total. The van der Waals surface area contributed by atoms with Crippen molar-refractivity contribution in [1.29, 1.82) is 0 Å². The Labute approximate surface area is 765 Å². The van der Waals surface area contributed by atoms with Crippen LogP contribution in [0.15, 0.2) is 82.7 Å². The minimum Gasteiger partial charge on any atom is -0.459 e. The lowest BCUT2D eigenvalue weighted by Crippen LogP contribution is -2.58. The molecule has 1 aliphatic carbocycles. The topological polar surface area (TPSA) is 526 Å². The number of benzene rings is 1. The van der Waals surface area contributed by atoms with E-state index in [1.807, 2.05) is 62.6 Å². The van der Waals surface area contributed by atoms with E-state index >= 15 is 0 Å². The average molecular weight is 1840 g/mol. The number of amides is 4. The van der Waals surface area contributed by atoms with Crippen molar-refractivity contribution in [3.05, 3.63) is 84.0 Å². The van der Waals surface area contributed by atoms with Gasteiger partial charge in [-0.1, -0.05) is 62.4 Å². The molecule has 2 saturated heterocycles. The molecule has 3 fully saturated rings. The lowest BCUT2D eigenvalue weighted by molar-refractivity contribution is -0.245. The summed E-state index contributed by atoms with van der Waals surface area (Å²) in [6.07, 6.45) is 15.3. The fraction of sp³-hybridized carbons (Fsp3) is 0.674. The molecule has 0 unspecified atom stereocenters. The van der Waals surface area contributed by atoms with Crippen LogP contribution in [0.25, 0.3) is 33.4 Å². The number of aromatic nitrogens is 8. The number of Topliss-reactive ketones (excluding diaryl/α,β-unsaturated/α-hetero) is 3. The number of cyclic esters (lactones) is 1. The quantitative estimate of drug-likeness (QED) is 0.00987. The van der Waals surface area contributed by atoms with E-state index in [1.54, 1.807) is 43.5 Å². The van der Waals surface area contributed by atoms with Gasteiger partial charge in [0.05, 0.1) is 141 Å². The number of fused-ring (bicyclic) bond motifs is 5. The summed E-state index contributed by atoms with van der Waals surface area (Å²) in [7, 11) is 3.16. The molecular weight excluding hydrogens is 1700 g/mol. The number of carbonyl (C=O) groups excluding carboxylic acids is 8. The first-order valence-corrected chi connectivity index (χ1v) is 46.1. The number of ketones is 3. The van der Waals surface area contributed by atoms with Gasteiger partial charge in [0.1, 0.15) is 53.5 Å². The average Bonchev–Trinajstić information content (AvgIpc) is 1.54. The number of methoxy groups -OCH3 is 2. The van der Waals surface area contributed by atoms with Crippen LogP contribution in [-0.4, -0.2) is 307 Å². The number of nitrogens with two attached hydrogens (primary N) is 3. The van der Waals surface area contributed by atoms with Gasteiger partial charge in [-0.05, 0) is 145 Å². The zero-order valence-corrected chi connectivity index (χ0v) is 77.0. The molecule has 2 bridgehead atoms. The first kappa shape index (κ1) is 105. The molecule has 5 aromatic rings. The number of unbranched alkanes of at least 4 members (excludes halogenated alkanes) is 1. The number of nitrogens with one attached hydrogen (secondary N) is 3. The summed E-state index contributed by atoms with van der Waals surface area (Å²) in [6.45, 7) is 15.8. The molecule has 1 aromatic carbocycles. The standard InChI is InChI=1S/C92H139N15O24/c1-60-17-9-8-10-18-61(2)75(119-6)56-68-20-16-29-92(118,131-68)86(115)89(116)105-33-13-11-21-72(105)90(117)129-76(57-73(108)62(3)52-64(5)84(113)85(114)83(112)63(4)51-60)69(93)53-65-23-25-71(77(54-65)120-7)107-58-67(102-104-107)19-15-22-78(109)97-31-37-123-41-45-127-49-48-126-44-40-122-36-28-80(111)98-32-38-124-42-46-128-50-47-125-43-39-121-35-27-79(110)96-30-12-14-34-106-88-81(87(94)99-59-100-88)82(103-106)66-24-26-74-70(55-66)101-91(95)130-74/h8-10,17-18,24,26,52,55,58-60,62-63,65,68-69,71-72,75-77,84-85,113-114,118H,11-16,19-23,25,27-51,53-54,56-57,93H2,1-7H3,(H2,95,101)(H,96,110)(H,97,109)(H,98,111)(H2,94,99,100)/b10-8+,17-9+,61-18+,64-52+/t60-,62-,63-,65+,68+,69-,71+,72+,75+,76+,77-,84-,85+,92-/m1/s1. The highest BCUT2D eigenvalue weighted by Gasteiger charge is 2.50. The highest BCUT2D eigenvalue weighted by atomic mass is 16.6. The Balaban J connectivity index is 0.569. The van der Waals surface area contributed by atoms with Gasteiger partial charge in [-0.15, -0.1) is 5.10 Å². The number of ether oxygens (including phenoxy) is 12. The largest absolute Gasteiger partial charge is 0.459 e. The van der Waals surface area contributed by atoms with Gasteiger partial charge in [0, 0.05) is 115 Å². The monoisotopic (exact) mass is 1840 g/mol. The molecular formula is C92H139N15O24. The number of hydrogen-bond acceptors (Lipinski definition) is 33. The minimum absolute atomic E-state index is 0.0137. The lowest BCUT2D eigenvalue weighted by Gasteiger charge is -2.40. The van der Waals surface area contributed by atoms with Crippen molar-refractivity contribution in [3.8, 4) is 11.3 Å². The Morgan fingerprint density at radius 2 is 1.33 bits per heavy atom. The van der Waals surface area contributed by atoms with E-state index < -0.39 is 89.5 Å². The van der Waals surface area contributed by atoms with Crippen LogP contribution in [0.3, 0.4) is 0 Å². The summed E-state index contributed by atoms with van der Waals surface area (Å²) in [4.78, 5) is 123. The molecule has 1 saturated carbocycles. The second-order valence-corrected chi connectivity index (χ2v) is 34.0. The molecule has 39 heteroatoms. The van der Waals surface area contributed by atoms with Crippen molar-refractivity contribution >= 4 is 80.9 Å². The van der Waals surface area contributed by atoms with Gasteiger partial charge >= 0.3 is 5.97 Å². The van der Waals surface area contributed by atoms with Crippen LogP contribution in [0.2, 0.25) is 0 Å². The Morgan fingerprint density at radius 3 is 1.98 bits per heavy atom. The van der Waals surface area contributed by atoms with Crippen molar-refractivity contribution < 1.29 is 115 Å². The van der Waals surface area contributed by atoms with E-state index in [-0.39, 0.29) is 124 Å². The molecule has 9 rings (SSSR count). The molecule has 0 radical (unpaired) electrons. The van der Waals surface area contributed by atoms with Crippen molar-refractivity contribution in [2.75, 3.05) is 158 Å². The third-order valence-electron chi connectivity index (χ3n) is 23.9. The Bertz CT molecular complexity index is 4540. The first-order chi connectivity index (χ1) is 63.2. The predicted octanol–water partition coefficient (Wildman–Crippen LogP) is 5.62. The van der Waals surface area contributed by atoms with Gasteiger partial charge in [0.2, 0.25) is 23.5 Å². The van der Waals surface area contributed by atoms with Crippen LogP contribution < -0.4 is 33.2 Å².